The lowest BCUT2D eigenvalue weighted by Crippen LogP contribution is -2.23. The first-order valence-corrected chi connectivity index (χ1v) is 5.30. The van der Waals surface area contributed by atoms with Crippen molar-refractivity contribution < 1.29 is 5.21 Å². The zero-order valence-electron chi connectivity index (χ0n) is 9.81. The summed E-state index contributed by atoms with van der Waals surface area (Å²) in [5, 5.41) is 11.5. The molecule has 0 amide bonds. The molecule has 0 saturated carbocycles. The Morgan fingerprint density at radius 2 is 2.00 bits per heavy atom. The summed E-state index contributed by atoms with van der Waals surface area (Å²) in [6, 6.07) is 8.34. The van der Waals surface area contributed by atoms with Crippen LogP contribution < -0.4 is 4.90 Å². The second-order valence-corrected chi connectivity index (χ2v) is 4.52. The molecule has 16 heavy (non-hydrogen) atoms. The van der Waals surface area contributed by atoms with E-state index in [4.69, 9.17) is 5.21 Å². The standard InChI is InChI=1S/C13H16N2O/c1-13(2)10-6-4-5-7-11(10)15(3)12(13)8-9-14-16/h4-9,16H,1-3H3/b12-8-,14-9-. The lowest BCUT2D eigenvalue weighted by molar-refractivity contribution is 0.322. The molecular weight excluding hydrogens is 200 g/mol. The minimum atomic E-state index is -0.0491. The van der Waals surface area contributed by atoms with Crippen molar-refractivity contribution in [3.63, 3.8) is 0 Å². The third kappa shape index (κ3) is 1.40. The van der Waals surface area contributed by atoms with Crippen molar-refractivity contribution in [2.75, 3.05) is 11.9 Å². The SMILES string of the molecule is CN1/C(=C\C=N/O)C(C)(C)c2ccccc21. The van der Waals surface area contributed by atoms with Gasteiger partial charge in [-0.2, -0.15) is 0 Å². The molecule has 0 fully saturated rings. The Kier molecular flexibility index (Phi) is 2.46. The first kappa shape index (κ1) is 10.7. The summed E-state index contributed by atoms with van der Waals surface area (Å²) in [6.07, 6.45) is 3.26. The number of likely N-dealkylation sites (N-methyl/N-ethyl adjacent to an activating group) is 1. The molecule has 1 aromatic carbocycles. The number of nitrogens with zero attached hydrogens (tertiary/aromatic N) is 2. The zero-order valence-corrected chi connectivity index (χ0v) is 9.81. The van der Waals surface area contributed by atoms with E-state index in [-0.39, 0.29) is 5.41 Å². The fourth-order valence-corrected chi connectivity index (χ4v) is 2.41. The molecule has 0 unspecified atom stereocenters. The van der Waals surface area contributed by atoms with Crippen LogP contribution in [0.25, 0.3) is 0 Å². The van der Waals surface area contributed by atoms with Gasteiger partial charge >= 0.3 is 0 Å². The third-order valence-corrected chi connectivity index (χ3v) is 3.24. The highest BCUT2D eigenvalue weighted by atomic mass is 16.4. The van der Waals surface area contributed by atoms with Crippen LogP contribution in [0.4, 0.5) is 5.69 Å². The number of oxime groups is 1. The zero-order chi connectivity index (χ0) is 11.8. The molecule has 3 nitrogen and oxygen atoms in total. The van der Waals surface area contributed by atoms with E-state index in [1.165, 1.54) is 17.5 Å². The molecule has 3 heteroatoms. The van der Waals surface area contributed by atoms with Crippen molar-refractivity contribution in [2.45, 2.75) is 19.3 Å². The quantitative estimate of drug-likeness (QED) is 0.445. The molecule has 0 radical (unpaired) electrons. The number of hydrogen-bond donors (Lipinski definition) is 1. The van der Waals surface area contributed by atoms with Crippen LogP contribution in [-0.2, 0) is 5.41 Å². The highest BCUT2D eigenvalue weighted by molar-refractivity contribution is 5.78. The molecular formula is C13H16N2O. The molecule has 1 heterocycles. The Morgan fingerprint density at radius 3 is 2.62 bits per heavy atom. The van der Waals surface area contributed by atoms with Crippen molar-refractivity contribution in [3.05, 3.63) is 41.6 Å². The fourth-order valence-electron chi connectivity index (χ4n) is 2.41. The maximum absolute atomic E-state index is 8.51. The molecule has 0 spiro atoms. The Labute approximate surface area is 95.7 Å². The van der Waals surface area contributed by atoms with Gasteiger partial charge < -0.3 is 10.1 Å². The van der Waals surface area contributed by atoms with E-state index >= 15 is 0 Å². The number of allylic oxidation sites excluding steroid dienone is 2. The van der Waals surface area contributed by atoms with E-state index in [2.05, 4.69) is 42.1 Å². The number of hydrogen-bond acceptors (Lipinski definition) is 3. The number of para-hydroxylation sites is 1. The highest BCUT2D eigenvalue weighted by Crippen LogP contribution is 2.46. The number of anilines is 1. The van der Waals surface area contributed by atoms with E-state index < -0.39 is 0 Å². The lowest BCUT2D eigenvalue weighted by atomic mass is 9.84. The molecule has 1 aliphatic heterocycles. The monoisotopic (exact) mass is 216 g/mol. The van der Waals surface area contributed by atoms with Crippen molar-refractivity contribution in [2.24, 2.45) is 5.16 Å². The van der Waals surface area contributed by atoms with Crippen LogP contribution >= 0.6 is 0 Å². The van der Waals surface area contributed by atoms with Crippen molar-refractivity contribution in [1.82, 2.24) is 0 Å². The van der Waals surface area contributed by atoms with Crippen LogP contribution in [0.2, 0.25) is 0 Å². The molecule has 84 valence electrons. The number of rotatable bonds is 1. The molecule has 0 bridgehead atoms. The molecule has 0 saturated heterocycles. The van der Waals surface area contributed by atoms with Crippen molar-refractivity contribution in [3.8, 4) is 0 Å². The second-order valence-electron chi connectivity index (χ2n) is 4.52. The van der Waals surface area contributed by atoms with Gasteiger partial charge in [-0.05, 0) is 17.7 Å². The smallest absolute Gasteiger partial charge is 0.0679 e. The molecule has 0 atom stereocenters. The summed E-state index contributed by atoms with van der Waals surface area (Å²) < 4.78 is 0. The molecule has 0 aliphatic carbocycles. The summed E-state index contributed by atoms with van der Waals surface area (Å²) in [5.74, 6) is 0. The van der Waals surface area contributed by atoms with Crippen molar-refractivity contribution >= 4 is 11.9 Å². The topological polar surface area (TPSA) is 35.8 Å². The van der Waals surface area contributed by atoms with Gasteiger partial charge in [0.05, 0.1) is 6.21 Å². The van der Waals surface area contributed by atoms with Gasteiger partial charge in [0, 0.05) is 23.8 Å². The Morgan fingerprint density at radius 1 is 1.31 bits per heavy atom. The van der Waals surface area contributed by atoms with Crippen LogP contribution in [-0.4, -0.2) is 18.5 Å². The van der Waals surface area contributed by atoms with Gasteiger partial charge in [-0.15, -0.1) is 0 Å². The molecule has 1 aliphatic rings. The molecule has 1 aromatic rings. The normalized spacial score (nSPS) is 20.7. The summed E-state index contributed by atoms with van der Waals surface area (Å²) in [5.41, 5.74) is 3.60. The predicted octanol–water partition coefficient (Wildman–Crippen LogP) is 2.76. The van der Waals surface area contributed by atoms with Gasteiger partial charge in [-0.1, -0.05) is 37.2 Å². The first-order chi connectivity index (χ1) is 7.59. The van der Waals surface area contributed by atoms with E-state index in [1.54, 1.807) is 0 Å². The largest absolute Gasteiger partial charge is 0.411 e. The predicted molar refractivity (Wildman–Crippen MR) is 66.2 cm³/mol. The maximum atomic E-state index is 8.51. The van der Waals surface area contributed by atoms with E-state index in [9.17, 15) is 0 Å². The van der Waals surface area contributed by atoms with Gasteiger partial charge in [0.15, 0.2) is 0 Å². The van der Waals surface area contributed by atoms with Crippen LogP contribution in [0.3, 0.4) is 0 Å². The minimum Gasteiger partial charge on any atom is -0.411 e. The summed E-state index contributed by atoms with van der Waals surface area (Å²) in [6.45, 7) is 4.35. The molecule has 1 N–H and O–H groups in total. The average Bonchev–Trinajstić information content (AvgIpc) is 2.46. The Hall–Kier alpha value is -1.77. The van der Waals surface area contributed by atoms with Crippen LogP contribution in [0, 0.1) is 0 Å². The number of fused-ring (bicyclic) bond motifs is 1. The lowest BCUT2D eigenvalue weighted by Gasteiger charge is -2.23. The number of benzene rings is 1. The first-order valence-electron chi connectivity index (χ1n) is 5.30. The van der Waals surface area contributed by atoms with E-state index in [1.807, 2.05) is 19.2 Å². The Balaban J connectivity index is 2.57. The third-order valence-electron chi connectivity index (χ3n) is 3.24. The summed E-state index contributed by atoms with van der Waals surface area (Å²) in [7, 11) is 2.03. The molecule has 0 aromatic heterocycles. The molecule has 2 rings (SSSR count). The van der Waals surface area contributed by atoms with Crippen molar-refractivity contribution in [1.29, 1.82) is 0 Å². The van der Waals surface area contributed by atoms with Gasteiger partial charge in [0.1, 0.15) is 0 Å². The second kappa shape index (κ2) is 3.67. The minimum absolute atomic E-state index is 0.0491. The van der Waals surface area contributed by atoms with Crippen LogP contribution in [0.1, 0.15) is 19.4 Å². The van der Waals surface area contributed by atoms with Crippen LogP contribution in [0.15, 0.2) is 41.2 Å². The average molecular weight is 216 g/mol. The maximum Gasteiger partial charge on any atom is 0.0679 e. The van der Waals surface area contributed by atoms with Gasteiger partial charge in [0.2, 0.25) is 0 Å². The van der Waals surface area contributed by atoms with Gasteiger partial charge in [-0.25, -0.2) is 0 Å². The van der Waals surface area contributed by atoms with Gasteiger partial charge in [-0.3, -0.25) is 0 Å². The van der Waals surface area contributed by atoms with E-state index in [0.717, 1.165) is 5.70 Å². The Bertz CT molecular complexity index is 461. The summed E-state index contributed by atoms with van der Waals surface area (Å²) >= 11 is 0. The highest BCUT2D eigenvalue weighted by Gasteiger charge is 2.37. The van der Waals surface area contributed by atoms with Gasteiger partial charge in [0.25, 0.3) is 0 Å². The fraction of sp³-hybridized carbons (Fsp3) is 0.308. The van der Waals surface area contributed by atoms with E-state index in [0.29, 0.717) is 0 Å². The van der Waals surface area contributed by atoms with Crippen LogP contribution in [0.5, 0.6) is 0 Å². The summed E-state index contributed by atoms with van der Waals surface area (Å²) in [4.78, 5) is 2.14.